The van der Waals surface area contributed by atoms with E-state index in [4.69, 9.17) is 0 Å². The van der Waals surface area contributed by atoms with Crippen LogP contribution in [0, 0.1) is 0 Å². The zero-order chi connectivity index (χ0) is 15.1. The second-order valence-electron chi connectivity index (χ2n) is 4.35. The lowest BCUT2D eigenvalue weighted by Gasteiger charge is -2.17. The fraction of sp³-hybridized carbons (Fsp3) is 0.308. The first kappa shape index (κ1) is 14.9. The van der Waals surface area contributed by atoms with Crippen LogP contribution in [0.4, 0.5) is 13.2 Å². The largest absolute Gasteiger partial charge is 0.468 e. The number of aromatic nitrogens is 1. The van der Waals surface area contributed by atoms with Crippen molar-refractivity contribution in [1.29, 1.82) is 0 Å². The van der Waals surface area contributed by atoms with Crippen molar-refractivity contribution in [2.24, 2.45) is 7.05 Å². The smallest absolute Gasteiger partial charge is 0.406 e. The van der Waals surface area contributed by atoms with E-state index < -0.39 is 18.1 Å². The van der Waals surface area contributed by atoms with Gasteiger partial charge in [-0.1, -0.05) is 15.9 Å². The highest BCUT2D eigenvalue weighted by Crippen LogP contribution is 2.40. The number of aryl methyl sites for hydroxylation is 1. The fourth-order valence-electron chi connectivity index (χ4n) is 2.18. The standard InChI is InChI=1S/C13H11BrF3NO2/c1-18-6-9(8-5-7(14)3-4-10(8)18)11(12(19)20-2)13(15,16)17/h3-6,11H,1-2H3. The third-order valence-corrected chi connectivity index (χ3v) is 3.55. The topological polar surface area (TPSA) is 31.2 Å². The van der Waals surface area contributed by atoms with Crippen LogP contribution in [0.1, 0.15) is 11.5 Å². The number of carbonyl (C=O) groups is 1. The Balaban J connectivity index is 2.71. The summed E-state index contributed by atoms with van der Waals surface area (Å²) in [5, 5.41) is 0.370. The van der Waals surface area contributed by atoms with Crippen molar-refractivity contribution < 1.29 is 22.7 Å². The van der Waals surface area contributed by atoms with E-state index in [1.165, 1.54) is 6.20 Å². The molecule has 0 amide bonds. The minimum atomic E-state index is -4.70. The summed E-state index contributed by atoms with van der Waals surface area (Å²) >= 11 is 3.22. The van der Waals surface area contributed by atoms with Crippen molar-refractivity contribution in [3.8, 4) is 0 Å². The van der Waals surface area contributed by atoms with Gasteiger partial charge in [0.2, 0.25) is 0 Å². The van der Waals surface area contributed by atoms with Crippen LogP contribution in [0.5, 0.6) is 0 Å². The van der Waals surface area contributed by atoms with Crippen LogP contribution in [0.25, 0.3) is 10.9 Å². The molecule has 1 atom stereocenters. The second-order valence-corrected chi connectivity index (χ2v) is 5.27. The number of esters is 1. The number of alkyl halides is 3. The number of fused-ring (bicyclic) bond motifs is 1. The Kier molecular flexibility index (Phi) is 3.82. The highest BCUT2D eigenvalue weighted by molar-refractivity contribution is 9.10. The molecule has 0 aliphatic carbocycles. The predicted octanol–water partition coefficient (Wildman–Crippen LogP) is 3.76. The van der Waals surface area contributed by atoms with Gasteiger partial charge in [0.05, 0.1) is 7.11 Å². The van der Waals surface area contributed by atoms with E-state index in [0.717, 1.165) is 7.11 Å². The van der Waals surface area contributed by atoms with Gasteiger partial charge in [-0.2, -0.15) is 13.2 Å². The summed E-state index contributed by atoms with van der Waals surface area (Å²) < 4.78 is 46.0. The summed E-state index contributed by atoms with van der Waals surface area (Å²) in [6.07, 6.45) is -3.39. The van der Waals surface area contributed by atoms with Crippen LogP contribution >= 0.6 is 15.9 Å². The summed E-state index contributed by atoms with van der Waals surface area (Å²) in [5.74, 6) is -3.60. The molecule has 108 valence electrons. The second kappa shape index (κ2) is 5.12. The lowest BCUT2D eigenvalue weighted by atomic mass is 9.98. The molecule has 0 saturated carbocycles. The molecule has 0 bridgehead atoms. The van der Waals surface area contributed by atoms with E-state index in [1.54, 1.807) is 29.8 Å². The van der Waals surface area contributed by atoms with E-state index in [9.17, 15) is 18.0 Å². The number of hydrogen-bond donors (Lipinski definition) is 0. The number of rotatable bonds is 2. The van der Waals surface area contributed by atoms with Crippen LogP contribution < -0.4 is 0 Å². The van der Waals surface area contributed by atoms with Gasteiger partial charge in [0.15, 0.2) is 5.92 Å². The van der Waals surface area contributed by atoms with E-state index >= 15 is 0 Å². The molecular weight excluding hydrogens is 339 g/mol. The normalized spacial score (nSPS) is 13.5. The first-order chi connectivity index (χ1) is 9.25. The molecule has 0 radical (unpaired) electrons. The fourth-order valence-corrected chi connectivity index (χ4v) is 2.54. The highest BCUT2D eigenvalue weighted by Gasteiger charge is 2.48. The first-order valence-corrected chi connectivity index (χ1v) is 6.44. The summed E-state index contributed by atoms with van der Waals surface area (Å²) in [5.41, 5.74) is 0.504. The summed E-state index contributed by atoms with van der Waals surface area (Å²) in [6.45, 7) is 0. The molecule has 1 unspecified atom stereocenters. The Hall–Kier alpha value is -1.50. The van der Waals surface area contributed by atoms with Crippen molar-refractivity contribution in [3.05, 3.63) is 34.4 Å². The lowest BCUT2D eigenvalue weighted by molar-refractivity contribution is -0.179. The molecule has 0 aliphatic heterocycles. The Morgan fingerprint density at radius 1 is 1.40 bits per heavy atom. The van der Waals surface area contributed by atoms with Crippen molar-refractivity contribution in [3.63, 3.8) is 0 Å². The number of hydrogen-bond acceptors (Lipinski definition) is 2. The number of methoxy groups -OCH3 is 1. The molecule has 1 heterocycles. The summed E-state index contributed by atoms with van der Waals surface area (Å²) in [7, 11) is 2.58. The van der Waals surface area contributed by atoms with E-state index in [2.05, 4.69) is 20.7 Å². The molecule has 2 aromatic rings. The molecule has 3 nitrogen and oxygen atoms in total. The predicted molar refractivity (Wildman–Crippen MR) is 71.4 cm³/mol. The minimum absolute atomic E-state index is 0.108. The Morgan fingerprint density at radius 2 is 2.05 bits per heavy atom. The van der Waals surface area contributed by atoms with E-state index in [-0.39, 0.29) is 5.56 Å². The molecule has 2 rings (SSSR count). The van der Waals surface area contributed by atoms with Crippen LogP contribution in [0.3, 0.4) is 0 Å². The molecule has 0 fully saturated rings. The monoisotopic (exact) mass is 349 g/mol. The third kappa shape index (κ3) is 2.54. The number of ether oxygens (including phenoxy) is 1. The zero-order valence-electron chi connectivity index (χ0n) is 10.7. The van der Waals surface area contributed by atoms with Gasteiger partial charge in [-0.25, -0.2) is 0 Å². The number of nitrogens with zero attached hydrogens (tertiary/aromatic N) is 1. The van der Waals surface area contributed by atoms with Gasteiger partial charge in [-0.15, -0.1) is 0 Å². The summed E-state index contributed by atoms with van der Waals surface area (Å²) in [6, 6.07) is 4.98. The number of benzene rings is 1. The van der Waals surface area contributed by atoms with Crippen LogP contribution in [0.15, 0.2) is 28.9 Å². The van der Waals surface area contributed by atoms with Gasteiger partial charge >= 0.3 is 12.1 Å². The van der Waals surface area contributed by atoms with Gasteiger partial charge in [0.1, 0.15) is 0 Å². The van der Waals surface area contributed by atoms with Crippen molar-refractivity contribution >= 4 is 32.8 Å². The van der Waals surface area contributed by atoms with Crippen LogP contribution in [0.2, 0.25) is 0 Å². The number of carbonyl (C=O) groups excluding carboxylic acids is 1. The summed E-state index contributed by atoms with van der Waals surface area (Å²) in [4.78, 5) is 11.5. The van der Waals surface area contributed by atoms with Gasteiger partial charge in [0, 0.05) is 34.2 Å². The molecule has 0 saturated heterocycles. The molecule has 0 aliphatic rings. The maximum atomic E-state index is 13.2. The third-order valence-electron chi connectivity index (χ3n) is 3.06. The van der Waals surface area contributed by atoms with Crippen LogP contribution in [-0.2, 0) is 16.6 Å². The molecule has 7 heteroatoms. The maximum Gasteiger partial charge on any atom is 0.406 e. The van der Waals surface area contributed by atoms with Crippen molar-refractivity contribution in [1.82, 2.24) is 4.57 Å². The Morgan fingerprint density at radius 3 is 2.60 bits per heavy atom. The van der Waals surface area contributed by atoms with Crippen molar-refractivity contribution in [2.45, 2.75) is 12.1 Å². The molecule has 20 heavy (non-hydrogen) atoms. The highest BCUT2D eigenvalue weighted by atomic mass is 79.9. The van der Waals surface area contributed by atoms with Gasteiger partial charge in [-0.05, 0) is 18.2 Å². The molecule has 1 aromatic heterocycles. The zero-order valence-corrected chi connectivity index (χ0v) is 12.2. The van der Waals surface area contributed by atoms with Gasteiger partial charge < -0.3 is 9.30 Å². The lowest BCUT2D eigenvalue weighted by Crippen LogP contribution is -2.29. The average molecular weight is 350 g/mol. The average Bonchev–Trinajstić information content (AvgIpc) is 2.64. The molecular formula is C13H11BrF3NO2. The van der Waals surface area contributed by atoms with E-state index in [0.29, 0.717) is 15.4 Å². The SMILES string of the molecule is COC(=O)C(c1cn(C)c2ccc(Br)cc12)C(F)(F)F. The molecule has 0 spiro atoms. The molecule has 1 aromatic carbocycles. The Bertz CT molecular complexity index is 663. The van der Waals surface area contributed by atoms with Gasteiger partial charge in [-0.3, -0.25) is 4.79 Å². The first-order valence-electron chi connectivity index (χ1n) is 5.64. The minimum Gasteiger partial charge on any atom is -0.468 e. The van der Waals surface area contributed by atoms with Gasteiger partial charge in [0.25, 0.3) is 0 Å². The Labute approximate surface area is 121 Å². The number of halogens is 4. The van der Waals surface area contributed by atoms with Crippen molar-refractivity contribution in [2.75, 3.05) is 7.11 Å². The van der Waals surface area contributed by atoms with E-state index in [1.807, 2.05) is 0 Å². The maximum absolute atomic E-state index is 13.2. The van der Waals surface area contributed by atoms with Crippen LogP contribution in [-0.4, -0.2) is 23.8 Å². The quantitative estimate of drug-likeness (QED) is 0.773. The molecule has 0 N–H and O–H groups in total.